The van der Waals surface area contributed by atoms with Gasteiger partial charge in [0.05, 0.1) is 18.8 Å². The van der Waals surface area contributed by atoms with Gasteiger partial charge in [-0.05, 0) is 48.6 Å². The standard InChI is InChI=1S/C22H24N2O4/c1-2-4-22(25)28-20-9-6-17-13-18(7-8-19(17)20)26-11-3-12-27-21-10-5-16(14-23)15-24-21/h5,7-8,10,13,15,20H,2-4,6,9,11-12H2,1H3/t20-/m0/s1. The van der Waals surface area contributed by atoms with Gasteiger partial charge in [-0.15, -0.1) is 0 Å². The highest BCUT2D eigenvalue weighted by molar-refractivity contribution is 5.69. The molecule has 0 bridgehead atoms. The quantitative estimate of drug-likeness (QED) is 0.480. The van der Waals surface area contributed by atoms with E-state index in [1.807, 2.05) is 31.2 Å². The lowest BCUT2D eigenvalue weighted by atomic mass is 10.1. The zero-order chi connectivity index (χ0) is 19.8. The number of hydrogen-bond acceptors (Lipinski definition) is 6. The van der Waals surface area contributed by atoms with Crippen molar-refractivity contribution in [3.63, 3.8) is 0 Å². The van der Waals surface area contributed by atoms with Gasteiger partial charge >= 0.3 is 5.97 Å². The molecule has 0 spiro atoms. The van der Waals surface area contributed by atoms with Crippen molar-refractivity contribution in [2.24, 2.45) is 0 Å². The highest BCUT2D eigenvalue weighted by atomic mass is 16.5. The van der Waals surface area contributed by atoms with Crippen LogP contribution >= 0.6 is 0 Å². The van der Waals surface area contributed by atoms with Crippen molar-refractivity contribution < 1.29 is 19.0 Å². The van der Waals surface area contributed by atoms with Crippen LogP contribution in [0.3, 0.4) is 0 Å². The Hall–Kier alpha value is -3.07. The average molecular weight is 380 g/mol. The van der Waals surface area contributed by atoms with Crippen LogP contribution in [-0.4, -0.2) is 24.2 Å². The van der Waals surface area contributed by atoms with Gasteiger partial charge in [-0.25, -0.2) is 4.98 Å². The lowest BCUT2D eigenvalue weighted by Crippen LogP contribution is -2.08. The van der Waals surface area contributed by atoms with E-state index in [-0.39, 0.29) is 12.1 Å². The first-order chi connectivity index (χ1) is 13.7. The van der Waals surface area contributed by atoms with E-state index in [2.05, 4.69) is 4.98 Å². The van der Waals surface area contributed by atoms with Crippen molar-refractivity contribution >= 4 is 5.97 Å². The fraction of sp³-hybridized carbons (Fsp3) is 0.409. The molecule has 0 radical (unpaired) electrons. The summed E-state index contributed by atoms with van der Waals surface area (Å²) in [7, 11) is 0. The predicted molar refractivity (Wildman–Crippen MR) is 103 cm³/mol. The third kappa shape index (κ3) is 5.23. The molecule has 1 aromatic carbocycles. The molecule has 6 nitrogen and oxygen atoms in total. The second-order valence-electron chi connectivity index (χ2n) is 6.68. The molecule has 0 aliphatic heterocycles. The maximum atomic E-state index is 11.7. The number of esters is 1. The molecule has 1 aromatic heterocycles. The minimum Gasteiger partial charge on any atom is -0.493 e. The number of benzene rings is 1. The van der Waals surface area contributed by atoms with Crippen molar-refractivity contribution in [3.05, 3.63) is 53.2 Å². The molecular formula is C22H24N2O4. The van der Waals surface area contributed by atoms with E-state index < -0.39 is 0 Å². The van der Waals surface area contributed by atoms with Gasteiger partial charge in [-0.2, -0.15) is 5.26 Å². The van der Waals surface area contributed by atoms with Crippen molar-refractivity contribution in [2.75, 3.05) is 13.2 Å². The molecule has 1 atom stereocenters. The maximum absolute atomic E-state index is 11.7. The molecule has 1 aliphatic carbocycles. The molecule has 2 aromatic rings. The van der Waals surface area contributed by atoms with Gasteiger partial charge in [-0.3, -0.25) is 4.79 Å². The summed E-state index contributed by atoms with van der Waals surface area (Å²) >= 11 is 0. The van der Waals surface area contributed by atoms with Crippen LogP contribution in [0.25, 0.3) is 0 Å². The number of hydrogen-bond donors (Lipinski definition) is 0. The number of carbonyl (C=O) groups is 1. The Balaban J connectivity index is 1.42. The van der Waals surface area contributed by atoms with Gasteiger partial charge in [0.2, 0.25) is 5.88 Å². The van der Waals surface area contributed by atoms with Gasteiger partial charge in [0.1, 0.15) is 17.9 Å². The van der Waals surface area contributed by atoms with Crippen LogP contribution in [0.5, 0.6) is 11.6 Å². The molecule has 0 saturated heterocycles. The van der Waals surface area contributed by atoms with Gasteiger partial charge in [-0.1, -0.05) is 13.0 Å². The highest BCUT2D eigenvalue weighted by Crippen LogP contribution is 2.36. The lowest BCUT2D eigenvalue weighted by Gasteiger charge is -2.14. The summed E-state index contributed by atoms with van der Waals surface area (Å²) in [6.45, 7) is 2.99. The molecule has 1 heterocycles. The molecule has 6 heteroatoms. The number of nitriles is 1. The molecular weight excluding hydrogens is 356 g/mol. The number of aryl methyl sites for hydroxylation is 1. The fourth-order valence-corrected chi connectivity index (χ4v) is 3.15. The number of carbonyl (C=O) groups excluding carboxylic acids is 1. The summed E-state index contributed by atoms with van der Waals surface area (Å²) in [5, 5.41) is 8.75. The molecule has 0 unspecified atom stereocenters. The van der Waals surface area contributed by atoms with Crippen LogP contribution in [0.15, 0.2) is 36.5 Å². The fourth-order valence-electron chi connectivity index (χ4n) is 3.15. The Morgan fingerprint density at radius 1 is 1.25 bits per heavy atom. The minimum atomic E-state index is -0.128. The first kappa shape index (κ1) is 19.7. The smallest absolute Gasteiger partial charge is 0.306 e. The van der Waals surface area contributed by atoms with E-state index >= 15 is 0 Å². The molecule has 0 fully saturated rings. The van der Waals surface area contributed by atoms with Gasteiger partial charge in [0.25, 0.3) is 0 Å². The van der Waals surface area contributed by atoms with Gasteiger partial charge in [0.15, 0.2) is 0 Å². The third-order valence-corrected chi connectivity index (χ3v) is 4.54. The summed E-state index contributed by atoms with van der Waals surface area (Å²) in [5.74, 6) is 1.19. The summed E-state index contributed by atoms with van der Waals surface area (Å²) in [4.78, 5) is 15.8. The number of aromatic nitrogens is 1. The van der Waals surface area contributed by atoms with Crippen LogP contribution in [0.4, 0.5) is 0 Å². The normalized spacial score (nSPS) is 14.8. The number of fused-ring (bicyclic) bond motifs is 1. The summed E-state index contributed by atoms with van der Waals surface area (Å²) < 4.78 is 16.9. The summed E-state index contributed by atoms with van der Waals surface area (Å²) in [6, 6.07) is 11.3. The number of rotatable bonds is 9. The Morgan fingerprint density at radius 2 is 2.11 bits per heavy atom. The van der Waals surface area contributed by atoms with Crippen molar-refractivity contribution in [1.82, 2.24) is 4.98 Å². The van der Waals surface area contributed by atoms with Crippen LogP contribution in [0.2, 0.25) is 0 Å². The molecule has 146 valence electrons. The second kappa shape index (κ2) is 9.75. The lowest BCUT2D eigenvalue weighted by molar-refractivity contribution is -0.149. The maximum Gasteiger partial charge on any atom is 0.306 e. The zero-order valence-electron chi connectivity index (χ0n) is 16.0. The first-order valence-electron chi connectivity index (χ1n) is 9.63. The predicted octanol–water partition coefficient (Wildman–Crippen LogP) is 4.13. The van der Waals surface area contributed by atoms with E-state index in [1.54, 1.807) is 12.1 Å². The van der Waals surface area contributed by atoms with Gasteiger partial charge < -0.3 is 14.2 Å². The van der Waals surface area contributed by atoms with Gasteiger partial charge in [0, 0.05) is 25.1 Å². The minimum absolute atomic E-state index is 0.127. The molecule has 0 amide bonds. The topological polar surface area (TPSA) is 81.4 Å². The number of pyridine rings is 1. The Labute approximate surface area is 165 Å². The Kier molecular flexibility index (Phi) is 6.85. The van der Waals surface area contributed by atoms with E-state index in [1.165, 1.54) is 11.8 Å². The molecule has 0 N–H and O–H groups in total. The van der Waals surface area contributed by atoms with Crippen LogP contribution in [-0.2, 0) is 16.0 Å². The van der Waals surface area contributed by atoms with Crippen LogP contribution in [0, 0.1) is 11.3 Å². The largest absolute Gasteiger partial charge is 0.493 e. The molecule has 1 aliphatic rings. The monoisotopic (exact) mass is 380 g/mol. The van der Waals surface area contributed by atoms with Crippen LogP contribution in [0.1, 0.15) is 55.4 Å². The highest BCUT2D eigenvalue weighted by Gasteiger charge is 2.25. The van der Waals surface area contributed by atoms with Crippen molar-refractivity contribution in [2.45, 2.75) is 45.1 Å². The molecule has 3 rings (SSSR count). The van der Waals surface area contributed by atoms with Crippen molar-refractivity contribution in [1.29, 1.82) is 5.26 Å². The molecule has 28 heavy (non-hydrogen) atoms. The first-order valence-corrected chi connectivity index (χ1v) is 9.63. The summed E-state index contributed by atoms with van der Waals surface area (Å²) in [5.41, 5.74) is 2.78. The zero-order valence-corrected chi connectivity index (χ0v) is 16.0. The van der Waals surface area contributed by atoms with E-state index in [9.17, 15) is 4.79 Å². The van der Waals surface area contributed by atoms with Crippen molar-refractivity contribution in [3.8, 4) is 17.7 Å². The second-order valence-corrected chi connectivity index (χ2v) is 6.68. The molecule has 0 saturated carbocycles. The number of ether oxygens (including phenoxy) is 3. The number of nitrogens with zero attached hydrogens (tertiary/aromatic N) is 2. The third-order valence-electron chi connectivity index (χ3n) is 4.54. The average Bonchev–Trinajstić information content (AvgIpc) is 3.10. The Morgan fingerprint density at radius 3 is 2.86 bits per heavy atom. The summed E-state index contributed by atoms with van der Waals surface area (Å²) in [6.07, 6.45) is 5.07. The SMILES string of the molecule is CCCC(=O)O[C@H]1CCc2cc(OCCCOc3ccc(C#N)cn3)ccc21. The van der Waals surface area contributed by atoms with E-state index in [0.29, 0.717) is 31.1 Å². The Bertz CT molecular complexity index is 843. The van der Waals surface area contributed by atoms with Crippen LogP contribution < -0.4 is 9.47 Å². The van der Waals surface area contributed by atoms with E-state index in [4.69, 9.17) is 19.5 Å². The van der Waals surface area contributed by atoms with E-state index in [0.717, 1.165) is 37.0 Å².